The molecule has 1 aromatic carbocycles. The molecule has 0 unspecified atom stereocenters. The zero-order valence-electron chi connectivity index (χ0n) is 10.5. The van der Waals surface area contributed by atoms with Gasteiger partial charge in [-0.1, -0.05) is 36.3 Å². The fourth-order valence-corrected chi connectivity index (χ4v) is 3.14. The van der Waals surface area contributed by atoms with Gasteiger partial charge in [0.25, 0.3) is 5.16 Å². The predicted molar refractivity (Wildman–Crippen MR) is 70.6 cm³/mol. The van der Waals surface area contributed by atoms with Crippen molar-refractivity contribution in [1.82, 2.24) is 20.2 Å². The fraction of sp³-hybridized carbons (Fsp3) is 0.250. The monoisotopic (exact) mass is 278 g/mol. The van der Waals surface area contributed by atoms with Gasteiger partial charge in [0.15, 0.2) is 0 Å². The maximum Gasteiger partial charge on any atom is 0.272 e. The van der Waals surface area contributed by atoms with Crippen molar-refractivity contribution in [2.45, 2.75) is 12.1 Å². The second-order valence-electron chi connectivity index (χ2n) is 4.20. The smallest absolute Gasteiger partial charge is 0.220 e. The van der Waals surface area contributed by atoms with Crippen LogP contribution in [0.4, 0.5) is 0 Å². The summed E-state index contributed by atoms with van der Waals surface area (Å²) < 4.78 is 25.7. The van der Waals surface area contributed by atoms with E-state index in [9.17, 15) is 8.42 Å². The van der Waals surface area contributed by atoms with Gasteiger partial charge in [-0.05, 0) is 28.5 Å². The number of hydrogen-bond acceptors (Lipinski definition) is 5. The third-order valence-corrected chi connectivity index (χ3v) is 4.38. The second kappa shape index (κ2) is 5.31. The van der Waals surface area contributed by atoms with E-state index in [1.807, 2.05) is 6.07 Å². The van der Waals surface area contributed by atoms with Crippen LogP contribution in [0.15, 0.2) is 48.1 Å². The molecule has 2 rings (SSSR count). The summed E-state index contributed by atoms with van der Waals surface area (Å²) in [6, 6.07) is 8.90. The number of tetrazole rings is 1. The number of sulfone groups is 1. The lowest BCUT2D eigenvalue weighted by atomic mass is 10.2. The summed E-state index contributed by atoms with van der Waals surface area (Å²) in [5, 5.41) is 10.7. The van der Waals surface area contributed by atoms with Crippen molar-refractivity contribution in [2.75, 3.05) is 5.75 Å². The Hall–Kier alpha value is -2.02. The molecule has 19 heavy (non-hydrogen) atoms. The highest BCUT2D eigenvalue weighted by molar-refractivity contribution is 7.91. The number of nitrogens with zero attached hydrogens (tertiary/aromatic N) is 4. The molecular formula is C12H14N4O2S. The molecule has 6 nitrogen and oxygen atoms in total. The average molecular weight is 278 g/mol. The summed E-state index contributed by atoms with van der Waals surface area (Å²) >= 11 is 0. The summed E-state index contributed by atoms with van der Waals surface area (Å²) in [5.74, 6) is -0.227. The Balaban J connectivity index is 2.43. The minimum atomic E-state index is -3.55. The van der Waals surface area contributed by atoms with Crippen LogP contribution in [-0.4, -0.2) is 34.4 Å². The Labute approximate surface area is 111 Å². The molecule has 100 valence electrons. The van der Waals surface area contributed by atoms with Gasteiger partial charge >= 0.3 is 0 Å². The molecule has 1 aromatic heterocycles. The zero-order valence-corrected chi connectivity index (χ0v) is 11.3. The van der Waals surface area contributed by atoms with Gasteiger partial charge in [-0.15, -0.1) is 6.58 Å². The van der Waals surface area contributed by atoms with E-state index in [1.54, 1.807) is 37.3 Å². The molecule has 0 saturated heterocycles. The third kappa shape index (κ3) is 2.87. The highest BCUT2D eigenvalue weighted by Gasteiger charge is 2.25. The average Bonchev–Trinajstić information content (AvgIpc) is 2.89. The molecule has 0 spiro atoms. The lowest BCUT2D eigenvalue weighted by Crippen LogP contribution is -2.17. The Morgan fingerprint density at radius 3 is 2.68 bits per heavy atom. The largest absolute Gasteiger partial charge is 0.272 e. The van der Waals surface area contributed by atoms with Crippen molar-refractivity contribution in [3.8, 4) is 5.69 Å². The lowest BCUT2D eigenvalue weighted by Gasteiger charge is -2.07. The molecule has 0 saturated carbocycles. The van der Waals surface area contributed by atoms with Crippen molar-refractivity contribution < 1.29 is 8.42 Å². The molecule has 7 heteroatoms. The summed E-state index contributed by atoms with van der Waals surface area (Å²) in [4.78, 5) is 0. The Morgan fingerprint density at radius 1 is 1.37 bits per heavy atom. The number of aromatic nitrogens is 4. The molecule has 1 heterocycles. The molecule has 0 amide bonds. The van der Waals surface area contributed by atoms with Crippen LogP contribution in [-0.2, 0) is 9.84 Å². The lowest BCUT2D eigenvalue weighted by molar-refractivity contribution is 0.573. The van der Waals surface area contributed by atoms with Crippen molar-refractivity contribution >= 4 is 9.84 Å². The Bertz CT molecular complexity index is 664. The van der Waals surface area contributed by atoms with Crippen LogP contribution in [0.2, 0.25) is 0 Å². The Kier molecular flexibility index (Phi) is 3.75. The molecule has 0 bridgehead atoms. The van der Waals surface area contributed by atoms with Crippen molar-refractivity contribution in [1.29, 1.82) is 0 Å². The van der Waals surface area contributed by atoms with E-state index < -0.39 is 9.84 Å². The second-order valence-corrected chi connectivity index (χ2v) is 6.13. The third-order valence-electron chi connectivity index (χ3n) is 2.60. The van der Waals surface area contributed by atoms with Crippen LogP contribution in [0.5, 0.6) is 0 Å². The first-order chi connectivity index (χ1) is 9.04. The summed E-state index contributed by atoms with van der Waals surface area (Å²) in [5.41, 5.74) is 0.609. The molecule has 0 aliphatic rings. The maximum absolute atomic E-state index is 12.2. The SMILES string of the molecule is C=C[C@H](C)CS(=O)(=O)c1nnnn1-c1ccccc1. The minimum Gasteiger partial charge on any atom is -0.220 e. The van der Waals surface area contributed by atoms with Gasteiger partial charge in [-0.25, -0.2) is 8.42 Å². The molecular weight excluding hydrogens is 264 g/mol. The van der Waals surface area contributed by atoms with Crippen LogP contribution in [0.1, 0.15) is 6.92 Å². The van der Waals surface area contributed by atoms with Gasteiger partial charge in [0.2, 0.25) is 9.84 Å². The van der Waals surface area contributed by atoms with Crippen LogP contribution in [0, 0.1) is 5.92 Å². The van der Waals surface area contributed by atoms with E-state index >= 15 is 0 Å². The predicted octanol–water partition coefficient (Wildman–Crippen LogP) is 1.26. The van der Waals surface area contributed by atoms with Gasteiger partial charge in [0, 0.05) is 0 Å². The van der Waals surface area contributed by atoms with E-state index in [-0.39, 0.29) is 16.8 Å². The number of allylic oxidation sites excluding steroid dienone is 1. The van der Waals surface area contributed by atoms with Gasteiger partial charge in [-0.2, -0.15) is 4.68 Å². The van der Waals surface area contributed by atoms with E-state index in [4.69, 9.17) is 0 Å². The number of para-hydroxylation sites is 1. The number of benzene rings is 1. The summed E-state index contributed by atoms with van der Waals surface area (Å²) in [6.45, 7) is 5.36. The topological polar surface area (TPSA) is 77.7 Å². The highest BCUT2D eigenvalue weighted by atomic mass is 32.2. The zero-order chi connectivity index (χ0) is 13.9. The molecule has 0 radical (unpaired) electrons. The molecule has 0 aliphatic carbocycles. The molecule has 2 aromatic rings. The first-order valence-corrected chi connectivity index (χ1v) is 7.39. The van der Waals surface area contributed by atoms with E-state index in [0.717, 1.165) is 0 Å². The van der Waals surface area contributed by atoms with Gasteiger partial charge in [0.1, 0.15) is 0 Å². The van der Waals surface area contributed by atoms with E-state index in [0.29, 0.717) is 5.69 Å². The Morgan fingerprint density at radius 2 is 2.05 bits per heavy atom. The fourth-order valence-electron chi connectivity index (χ4n) is 1.59. The first kappa shape index (κ1) is 13.4. The normalized spacial score (nSPS) is 13.1. The highest BCUT2D eigenvalue weighted by Crippen LogP contribution is 2.15. The van der Waals surface area contributed by atoms with Crippen LogP contribution in [0.3, 0.4) is 0 Å². The van der Waals surface area contributed by atoms with Gasteiger partial charge < -0.3 is 0 Å². The molecule has 0 fully saturated rings. The van der Waals surface area contributed by atoms with Crippen LogP contribution in [0.25, 0.3) is 5.69 Å². The van der Waals surface area contributed by atoms with Gasteiger partial charge in [0.05, 0.1) is 11.4 Å². The first-order valence-electron chi connectivity index (χ1n) is 5.73. The minimum absolute atomic E-state index is 0.0658. The van der Waals surface area contributed by atoms with Crippen LogP contribution >= 0.6 is 0 Å². The van der Waals surface area contributed by atoms with E-state index in [1.165, 1.54) is 4.68 Å². The van der Waals surface area contributed by atoms with Crippen molar-refractivity contribution in [3.05, 3.63) is 43.0 Å². The molecule has 0 aliphatic heterocycles. The number of rotatable bonds is 5. The standard InChI is InChI=1S/C12H14N4O2S/c1-3-10(2)9-19(17,18)12-13-14-15-16(12)11-7-5-4-6-8-11/h3-8,10H,1,9H2,2H3/t10-/m0/s1. The maximum atomic E-state index is 12.2. The summed E-state index contributed by atoms with van der Waals surface area (Å²) in [6.07, 6.45) is 1.59. The quantitative estimate of drug-likeness (QED) is 0.769. The number of hydrogen-bond donors (Lipinski definition) is 0. The van der Waals surface area contributed by atoms with Crippen molar-refractivity contribution in [2.24, 2.45) is 5.92 Å². The summed E-state index contributed by atoms with van der Waals surface area (Å²) in [7, 11) is -3.55. The molecule has 0 N–H and O–H groups in total. The van der Waals surface area contributed by atoms with E-state index in [2.05, 4.69) is 22.1 Å². The van der Waals surface area contributed by atoms with Crippen molar-refractivity contribution in [3.63, 3.8) is 0 Å². The molecule has 1 atom stereocenters. The van der Waals surface area contributed by atoms with Crippen LogP contribution < -0.4 is 0 Å². The van der Waals surface area contributed by atoms with Gasteiger partial charge in [-0.3, -0.25) is 0 Å².